The standard InChI is InChI=1S/C14H19NO3/c1-10-11(2)13(18-3)7-6-12(10)9-15-8-4-5-14(16)17/h4-7,15H,8-9H2,1-3H3,(H,16,17)/b5-4+. The molecule has 0 unspecified atom stereocenters. The molecule has 0 aliphatic heterocycles. The molecule has 0 heterocycles. The highest BCUT2D eigenvalue weighted by atomic mass is 16.5. The Morgan fingerprint density at radius 3 is 2.72 bits per heavy atom. The van der Waals surface area contributed by atoms with Crippen molar-refractivity contribution in [1.29, 1.82) is 0 Å². The number of hydrogen-bond acceptors (Lipinski definition) is 3. The summed E-state index contributed by atoms with van der Waals surface area (Å²) in [5.41, 5.74) is 3.53. The molecule has 1 rings (SSSR count). The molecule has 4 nitrogen and oxygen atoms in total. The van der Waals surface area contributed by atoms with Crippen LogP contribution in [-0.2, 0) is 11.3 Å². The van der Waals surface area contributed by atoms with Crippen molar-refractivity contribution in [1.82, 2.24) is 5.32 Å². The van der Waals surface area contributed by atoms with E-state index < -0.39 is 5.97 Å². The van der Waals surface area contributed by atoms with Gasteiger partial charge in [0.15, 0.2) is 0 Å². The van der Waals surface area contributed by atoms with E-state index in [0.29, 0.717) is 13.1 Å². The Kier molecular flexibility index (Phi) is 5.39. The largest absolute Gasteiger partial charge is 0.496 e. The molecule has 18 heavy (non-hydrogen) atoms. The molecule has 1 aromatic carbocycles. The molecule has 1 aromatic rings. The van der Waals surface area contributed by atoms with Crippen molar-refractivity contribution < 1.29 is 14.6 Å². The van der Waals surface area contributed by atoms with Crippen molar-refractivity contribution in [3.8, 4) is 5.75 Å². The highest BCUT2D eigenvalue weighted by Crippen LogP contribution is 2.23. The van der Waals surface area contributed by atoms with Crippen LogP contribution in [0, 0.1) is 13.8 Å². The minimum Gasteiger partial charge on any atom is -0.496 e. The zero-order valence-electron chi connectivity index (χ0n) is 11.0. The Morgan fingerprint density at radius 2 is 2.11 bits per heavy atom. The number of ether oxygens (including phenoxy) is 1. The quantitative estimate of drug-likeness (QED) is 0.598. The number of nitrogens with one attached hydrogen (secondary N) is 1. The molecule has 0 saturated carbocycles. The van der Waals surface area contributed by atoms with E-state index in [0.717, 1.165) is 17.4 Å². The van der Waals surface area contributed by atoms with Crippen molar-refractivity contribution in [3.05, 3.63) is 41.0 Å². The van der Waals surface area contributed by atoms with E-state index in [1.165, 1.54) is 11.1 Å². The van der Waals surface area contributed by atoms with Crippen LogP contribution in [0.25, 0.3) is 0 Å². The van der Waals surface area contributed by atoms with E-state index in [-0.39, 0.29) is 0 Å². The number of benzene rings is 1. The van der Waals surface area contributed by atoms with Gasteiger partial charge in [-0.1, -0.05) is 12.1 Å². The molecule has 4 heteroatoms. The summed E-state index contributed by atoms with van der Waals surface area (Å²) >= 11 is 0. The monoisotopic (exact) mass is 249 g/mol. The van der Waals surface area contributed by atoms with Crippen LogP contribution in [0.1, 0.15) is 16.7 Å². The first-order valence-electron chi connectivity index (χ1n) is 5.79. The molecule has 0 amide bonds. The maximum absolute atomic E-state index is 10.3. The predicted molar refractivity (Wildman–Crippen MR) is 71.0 cm³/mol. The summed E-state index contributed by atoms with van der Waals surface area (Å²) in [4.78, 5) is 10.3. The molecule has 0 radical (unpaired) electrons. The van der Waals surface area contributed by atoms with Gasteiger partial charge >= 0.3 is 5.97 Å². The predicted octanol–water partition coefficient (Wildman–Crippen LogP) is 2.04. The van der Waals surface area contributed by atoms with E-state index in [1.807, 2.05) is 19.1 Å². The molecular formula is C14H19NO3. The molecule has 0 aromatic heterocycles. The van der Waals surface area contributed by atoms with Gasteiger partial charge in [-0.15, -0.1) is 0 Å². The van der Waals surface area contributed by atoms with Gasteiger partial charge in [-0.25, -0.2) is 4.79 Å². The molecule has 0 saturated heterocycles. The number of carboxylic acid groups (broad SMARTS) is 1. The summed E-state index contributed by atoms with van der Waals surface area (Å²) < 4.78 is 5.25. The molecule has 0 bridgehead atoms. The number of carboxylic acids is 1. The van der Waals surface area contributed by atoms with Gasteiger partial charge in [0.25, 0.3) is 0 Å². The van der Waals surface area contributed by atoms with Crippen molar-refractivity contribution in [2.45, 2.75) is 20.4 Å². The van der Waals surface area contributed by atoms with Gasteiger partial charge in [-0.05, 0) is 36.6 Å². The molecule has 0 fully saturated rings. The van der Waals surface area contributed by atoms with Crippen LogP contribution < -0.4 is 10.1 Å². The second kappa shape index (κ2) is 6.81. The van der Waals surface area contributed by atoms with Crippen LogP contribution in [0.4, 0.5) is 0 Å². The Hall–Kier alpha value is -1.81. The summed E-state index contributed by atoms with van der Waals surface area (Å²) in [5, 5.41) is 11.6. The normalized spacial score (nSPS) is 10.8. The molecule has 2 N–H and O–H groups in total. The molecule has 0 spiro atoms. The van der Waals surface area contributed by atoms with Crippen LogP contribution in [0.5, 0.6) is 5.75 Å². The smallest absolute Gasteiger partial charge is 0.328 e. The SMILES string of the molecule is COc1ccc(CNC/C=C/C(=O)O)c(C)c1C. The third-order valence-corrected chi connectivity index (χ3v) is 2.91. The van der Waals surface area contributed by atoms with Crippen LogP contribution in [0.15, 0.2) is 24.3 Å². The fraction of sp³-hybridized carbons (Fsp3) is 0.357. The van der Waals surface area contributed by atoms with Crippen molar-refractivity contribution >= 4 is 5.97 Å². The number of rotatable bonds is 6. The fourth-order valence-electron chi connectivity index (χ4n) is 1.71. The van der Waals surface area contributed by atoms with E-state index in [9.17, 15) is 4.79 Å². The molecular weight excluding hydrogens is 230 g/mol. The number of hydrogen-bond donors (Lipinski definition) is 2. The Morgan fingerprint density at radius 1 is 1.39 bits per heavy atom. The lowest BCUT2D eigenvalue weighted by molar-refractivity contribution is -0.131. The van der Waals surface area contributed by atoms with Gasteiger partial charge in [0.1, 0.15) is 5.75 Å². The Labute approximate surface area is 107 Å². The second-order valence-corrected chi connectivity index (χ2v) is 4.05. The van der Waals surface area contributed by atoms with Gasteiger partial charge < -0.3 is 15.2 Å². The summed E-state index contributed by atoms with van der Waals surface area (Å²) in [6.07, 6.45) is 2.73. The molecule has 98 valence electrons. The summed E-state index contributed by atoms with van der Waals surface area (Å²) in [6, 6.07) is 3.97. The second-order valence-electron chi connectivity index (χ2n) is 4.05. The topological polar surface area (TPSA) is 58.6 Å². The van der Waals surface area contributed by atoms with Crippen LogP contribution in [0.3, 0.4) is 0 Å². The van der Waals surface area contributed by atoms with Crippen molar-refractivity contribution in [2.24, 2.45) is 0 Å². The van der Waals surface area contributed by atoms with Crippen molar-refractivity contribution in [3.63, 3.8) is 0 Å². The van der Waals surface area contributed by atoms with Gasteiger partial charge in [0.05, 0.1) is 7.11 Å². The van der Waals surface area contributed by atoms with Crippen LogP contribution >= 0.6 is 0 Å². The Balaban J connectivity index is 2.58. The lowest BCUT2D eigenvalue weighted by atomic mass is 10.0. The first-order chi connectivity index (χ1) is 8.56. The lowest BCUT2D eigenvalue weighted by Gasteiger charge is -2.12. The van der Waals surface area contributed by atoms with Gasteiger partial charge in [0.2, 0.25) is 0 Å². The summed E-state index contributed by atoms with van der Waals surface area (Å²) in [7, 11) is 1.66. The fourth-order valence-corrected chi connectivity index (χ4v) is 1.71. The van der Waals surface area contributed by atoms with Crippen molar-refractivity contribution in [2.75, 3.05) is 13.7 Å². The lowest BCUT2D eigenvalue weighted by Crippen LogP contribution is -2.14. The summed E-state index contributed by atoms with van der Waals surface area (Å²) in [5.74, 6) is -0.0321. The zero-order valence-corrected chi connectivity index (χ0v) is 11.0. The van der Waals surface area contributed by atoms with Gasteiger partial charge in [-0.2, -0.15) is 0 Å². The maximum atomic E-state index is 10.3. The number of carbonyl (C=O) groups is 1. The highest BCUT2D eigenvalue weighted by molar-refractivity contribution is 5.79. The highest BCUT2D eigenvalue weighted by Gasteiger charge is 2.05. The van der Waals surface area contributed by atoms with Crippen LogP contribution in [0.2, 0.25) is 0 Å². The first-order valence-corrected chi connectivity index (χ1v) is 5.79. The average molecular weight is 249 g/mol. The van der Waals surface area contributed by atoms with Gasteiger partial charge in [-0.3, -0.25) is 0 Å². The van der Waals surface area contributed by atoms with E-state index in [4.69, 9.17) is 9.84 Å². The minimum absolute atomic E-state index is 0.539. The number of methoxy groups -OCH3 is 1. The zero-order chi connectivity index (χ0) is 13.5. The van der Waals surface area contributed by atoms with E-state index in [1.54, 1.807) is 13.2 Å². The third kappa shape index (κ3) is 3.89. The molecule has 0 atom stereocenters. The molecule has 0 aliphatic carbocycles. The van der Waals surface area contributed by atoms with E-state index >= 15 is 0 Å². The Bertz CT molecular complexity index is 453. The average Bonchev–Trinajstić information content (AvgIpc) is 2.33. The molecule has 0 aliphatic rings. The first kappa shape index (κ1) is 14.3. The van der Waals surface area contributed by atoms with Gasteiger partial charge in [0, 0.05) is 19.2 Å². The summed E-state index contributed by atoms with van der Waals surface area (Å²) in [6.45, 7) is 5.33. The maximum Gasteiger partial charge on any atom is 0.328 e. The third-order valence-electron chi connectivity index (χ3n) is 2.91. The number of aliphatic carboxylic acids is 1. The minimum atomic E-state index is -0.923. The van der Waals surface area contributed by atoms with E-state index in [2.05, 4.69) is 12.2 Å². The van der Waals surface area contributed by atoms with Crippen LogP contribution in [-0.4, -0.2) is 24.7 Å².